The maximum absolute atomic E-state index is 12.0. The highest BCUT2D eigenvalue weighted by Crippen LogP contribution is 2.78. The summed E-state index contributed by atoms with van der Waals surface area (Å²) in [6, 6.07) is 0. The topological polar surface area (TPSA) is 79.3 Å². The minimum absolute atomic E-state index is 0.0129. The van der Waals surface area contributed by atoms with Crippen LogP contribution < -0.4 is 0 Å². The van der Waals surface area contributed by atoms with E-state index in [1.165, 1.54) is 19.8 Å². The molecule has 152 valence electrons. The van der Waals surface area contributed by atoms with Gasteiger partial charge in [0.25, 0.3) is 0 Å². The average molecular weight is 379 g/mol. The number of esters is 1. The van der Waals surface area contributed by atoms with Gasteiger partial charge in [-0.3, -0.25) is 4.79 Å². The van der Waals surface area contributed by atoms with Crippen LogP contribution in [0.25, 0.3) is 0 Å². The number of fused-ring (bicyclic) bond motifs is 5. The van der Waals surface area contributed by atoms with E-state index < -0.39 is 11.5 Å². The van der Waals surface area contributed by atoms with Crippen LogP contribution in [0.15, 0.2) is 0 Å². The van der Waals surface area contributed by atoms with E-state index in [9.17, 15) is 15.0 Å². The first-order valence-corrected chi connectivity index (χ1v) is 10.7. The molecule has 9 atom stereocenters. The van der Waals surface area contributed by atoms with E-state index in [1.54, 1.807) is 0 Å². The lowest BCUT2D eigenvalue weighted by Crippen LogP contribution is -2.66. The van der Waals surface area contributed by atoms with E-state index in [2.05, 4.69) is 20.8 Å². The molecule has 1 spiro atoms. The molecule has 5 heteroatoms. The normalized spacial score (nSPS) is 57.3. The van der Waals surface area contributed by atoms with Crippen LogP contribution in [0.4, 0.5) is 0 Å². The predicted octanol–water partition coefficient (Wildman–Crippen LogP) is 2.67. The lowest BCUT2D eigenvalue weighted by Gasteiger charge is -2.67. The zero-order valence-corrected chi connectivity index (χ0v) is 17.0. The zero-order chi connectivity index (χ0) is 19.4. The standard InChI is InChI=1S/C22H34O5/c1-12(24)26-16-9-13-19(2,3)6-5-7-20(13,4)14-8-15(25)21(11-23)10-22(14,16)18-17(21)27-18/h13-18,23,25H,5-11H2,1-4H3/t13-,14+,15-,16+,17+,18-,20-,21+,22+/m1/s1. The highest BCUT2D eigenvalue weighted by atomic mass is 16.6. The molecule has 5 nitrogen and oxygen atoms in total. The predicted molar refractivity (Wildman–Crippen MR) is 98.7 cm³/mol. The molecule has 1 heterocycles. The fraction of sp³-hybridized carbons (Fsp3) is 0.955. The molecule has 0 amide bonds. The number of rotatable bonds is 2. The van der Waals surface area contributed by atoms with Gasteiger partial charge in [-0.1, -0.05) is 27.2 Å². The van der Waals surface area contributed by atoms with Gasteiger partial charge in [0.2, 0.25) is 0 Å². The van der Waals surface area contributed by atoms with Crippen molar-refractivity contribution in [2.45, 2.75) is 90.6 Å². The summed E-state index contributed by atoms with van der Waals surface area (Å²) in [5, 5.41) is 21.4. The van der Waals surface area contributed by atoms with Gasteiger partial charge < -0.3 is 19.7 Å². The first-order valence-electron chi connectivity index (χ1n) is 10.7. The van der Waals surface area contributed by atoms with Crippen molar-refractivity contribution in [3.63, 3.8) is 0 Å². The Bertz CT molecular complexity index is 676. The zero-order valence-electron chi connectivity index (χ0n) is 17.0. The minimum Gasteiger partial charge on any atom is -0.462 e. The van der Waals surface area contributed by atoms with E-state index in [0.29, 0.717) is 12.3 Å². The van der Waals surface area contributed by atoms with Crippen LogP contribution in [0.3, 0.4) is 0 Å². The summed E-state index contributed by atoms with van der Waals surface area (Å²) in [6.07, 6.45) is 5.07. The van der Waals surface area contributed by atoms with Gasteiger partial charge in [-0.15, -0.1) is 0 Å². The summed E-state index contributed by atoms with van der Waals surface area (Å²) in [5.41, 5.74) is -0.516. The number of carbonyl (C=O) groups excluding carboxylic acids is 1. The first kappa shape index (κ1) is 18.4. The SMILES string of the molecule is CC(=O)O[C@H]1C[C@@H]2C(C)(C)CCC[C@@]2(C)[C@@H]2C[C@@H](O)[C@@]3(CO)C[C@@]12[C@@H]1O[C@@H]13. The first-order chi connectivity index (χ1) is 12.6. The van der Waals surface area contributed by atoms with Gasteiger partial charge in [0, 0.05) is 17.8 Å². The number of epoxide rings is 1. The lowest BCUT2D eigenvalue weighted by molar-refractivity contribution is -0.250. The smallest absolute Gasteiger partial charge is 0.302 e. The fourth-order valence-electron chi connectivity index (χ4n) is 8.65. The van der Waals surface area contributed by atoms with E-state index >= 15 is 0 Å². The summed E-state index contributed by atoms with van der Waals surface area (Å²) in [6.45, 7) is 8.59. The molecular formula is C22H34O5. The molecule has 1 saturated heterocycles. The van der Waals surface area contributed by atoms with Gasteiger partial charge in [-0.05, 0) is 54.8 Å². The quantitative estimate of drug-likeness (QED) is 0.570. The van der Waals surface area contributed by atoms with Crippen LogP contribution in [-0.4, -0.2) is 47.2 Å². The highest BCUT2D eigenvalue weighted by Gasteiger charge is 2.83. The number of aliphatic hydroxyl groups is 2. The molecule has 4 aliphatic carbocycles. The number of hydrogen-bond acceptors (Lipinski definition) is 5. The van der Waals surface area contributed by atoms with Gasteiger partial charge >= 0.3 is 5.97 Å². The molecule has 4 saturated carbocycles. The Labute approximate surface area is 161 Å². The molecule has 0 aromatic carbocycles. The molecular weight excluding hydrogens is 344 g/mol. The summed E-state index contributed by atoms with van der Waals surface area (Å²) >= 11 is 0. The molecule has 1 aliphatic heterocycles. The van der Waals surface area contributed by atoms with Crippen LogP contribution in [-0.2, 0) is 14.3 Å². The van der Waals surface area contributed by atoms with Crippen molar-refractivity contribution in [2.24, 2.45) is 33.5 Å². The van der Waals surface area contributed by atoms with Crippen LogP contribution >= 0.6 is 0 Å². The maximum atomic E-state index is 12.0. The molecule has 5 fully saturated rings. The third-order valence-electron chi connectivity index (χ3n) is 9.72. The monoisotopic (exact) mass is 378 g/mol. The molecule has 5 rings (SSSR count). The molecule has 0 aromatic heterocycles. The van der Waals surface area contributed by atoms with Crippen LogP contribution in [0.5, 0.6) is 0 Å². The number of ether oxygens (including phenoxy) is 2. The highest BCUT2D eigenvalue weighted by molar-refractivity contribution is 5.66. The summed E-state index contributed by atoms with van der Waals surface area (Å²) < 4.78 is 12.1. The molecule has 0 radical (unpaired) electrons. The van der Waals surface area contributed by atoms with E-state index in [4.69, 9.17) is 9.47 Å². The van der Waals surface area contributed by atoms with Crippen LogP contribution in [0.2, 0.25) is 0 Å². The minimum atomic E-state index is -0.576. The Morgan fingerprint density at radius 1 is 1.15 bits per heavy atom. The second kappa shape index (κ2) is 5.28. The second-order valence-corrected chi connectivity index (χ2v) is 11.2. The van der Waals surface area contributed by atoms with Gasteiger partial charge in [0.15, 0.2) is 0 Å². The lowest BCUT2D eigenvalue weighted by atomic mass is 9.39. The summed E-state index contributed by atoms with van der Waals surface area (Å²) in [7, 11) is 0. The average Bonchev–Trinajstić information content (AvgIpc) is 3.34. The van der Waals surface area contributed by atoms with E-state index in [-0.39, 0.29) is 53.1 Å². The molecule has 0 aromatic rings. The Morgan fingerprint density at radius 2 is 1.89 bits per heavy atom. The van der Waals surface area contributed by atoms with Crippen molar-refractivity contribution in [2.75, 3.05) is 6.61 Å². The second-order valence-electron chi connectivity index (χ2n) is 11.2. The van der Waals surface area contributed by atoms with Crippen LogP contribution in [0.1, 0.15) is 66.2 Å². The van der Waals surface area contributed by atoms with E-state index in [0.717, 1.165) is 19.3 Å². The molecule has 5 aliphatic rings. The third-order valence-corrected chi connectivity index (χ3v) is 9.72. The number of carbonyl (C=O) groups is 1. The van der Waals surface area contributed by atoms with Crippen molar-refractivity contribution < 1.29 is 24.5 Å². The van der Waals surface area contributed by atoms with Crippen molar-refractivity contribution in [3.05, 3.63) is 0 Å². The van der Waals surface area contributed by atoms with Gasteiger partial charge in [0.1, 0.15) is 6.10 Å². The fourth-order valence-corrected chi connectivity index (χ4v) is 8.65. The Morgan fingerprint density at radius 3 is 2.56 bits per heavy atom. The van der Waals surface area contributed by atoms with Crippen molar-refractivity contribution in [1.82, 2.24) is 0 Å². The Kier molecular flexibility index (Phi) is 3.60. The summed E-state index contributed by atoms with van der Waals surface area (Å²) in [4.78, 5) is 12.0. The van der Waals surface area contributed by atoms with Gasteiger partial charge in [-0.25, -0.2) is 0 Å². The molecule has 2 bridgehead atoms. The Balaban J connectivity index is 1.65. The van der Waals surface area contributed by atoms with E-state index in [1.807, 2.05) is 0 Å². The largest absolute Gasteiger partial charge is 0.462 e. The maximum Gasteiger partial charge on any atom is 0.302 e. The Hall–Kier alpha value is -0.650. The molecule has 0 unspecified atom stereocenters. The van der Waals surface area contributed by atoms with Crippen molar-refractivity contribution in [3.8, 4) is 0 Å². The third kappa shape index (κ3) is 2.04. The van der Waals surface area contributed by atoms with Gasteiger partial charge in [-0.2, -0.15) is 0 Å². The van der Waals surface area contributed by atoms with Gasteiger partial charge in [0.05, 0.1) is 24.9 Å². The van der Waals surface area contributed by atoms with Crippen LogP contribution in [0, 0.1) is 33.5 Å². The molecule has 27 heavy (non-hydrogen) atoms. The van der Waals surface area contributed by atoms with Crippen molar-refractivity contribution in [1.29, 1.82) is 0 Å². The number of aliphatic hydroxyl groups excluding tert-OH is 2. The number of hydrogen-bond donors (Lipinski definition) is 2. The molecule has 2 N–H and O–H groups in total. The summed E-state index contributed by atoms with van der Waals surface area (Å²) in [5.74, 6) is 0.500. The van der Waals surface area contributed by atoms with Crippen molar-refractivity contribution >= 4 is 5.97 Å².